The molecule has 0 aliphatic carbocycles. The first-order valence-electron chi connectivity index (χ1n) is 8.43. The number of hydrogen-bond donors (Lipinski definition) is 1. The number of nitrogens with one attached hydrogen (secondary N) is 1. The Kier molecular flexibility index (Phi) is 4.89. The summed E-state index contributed by atoms with van der Waals surface area (Å²) < 4.78 is 33.7. The fourth-order valence-corrected chi connectivity index (χ4v) is 3.26. The van der Waals surface area contributed by atoms with Crippen molar-refractivity contribution in [3.05, 3.63) is 53.7 Å². The van der Waals surface area contributed by atoms with Crippen LogP contribution >= 0.6 is 11.3 Å². The van der Waals surface area contributed by atoms with Crippen molar-refractivity contribution in [2.45, 2.75) is 19.5 Å². The lowest BCUT2D eigenvalue weighted by atomic mass is 10.3. The molecule has 3 heterocycles. The maximum Gasteiger partial charge on any atom is 0.322 e. The molecular formula is C18H14F2N6O2S. The molecule has 11 heteroatoms. The monoisotopic (exact) mass is 416 g/mol. The number of benzene rings is 1. The smallest absolute Gasteiger partial charge is 0.322 e. The van der Waals surface area contributed by atoms with Gasteiger partial charge in [0.25, 0.3) is 5.91 Å². The first-order chi connectivity index (χ1) is 13.9. The van der Waals surface area contributed by atoms with E-state index in [2.05, 4.69) is 25.7 Å². The van der Waals surface area contributed by atoms with Gasteiger partial charge in [-0.05, 0) is 17.3 Å². The molecule has 0 fully saturated rings. The van der Waals surface area contributed by atoms with Crippen molar-refractivity contribution in [3.8, 4) is 11.6 Å². The third kappa shape index (κ3) is 4.04. The second-order valence-corrected chi connectivity index (χ2v) is 7.00. The topological polar surface area (TPSA) is 94.8 Å². The quantitative estimate of drug-likeness (QED) is 0.517. The summed E-state index contributed by atoms with van der Waals surface area (Å²) in [6, 6.07) is 11.2. The van der Waals surface area contributed by atoms with Crippen LogP contribution < -0.4 is 10.1 Å². The molecule has 1 amide bonds. The fourth-order valence-electron chi connectivity index (χ4n) is 2.57. The number of halogens is 2. The summed E-state index contributed by atoms with van der Waals surface area (Å²) in [7, 11) is 0. The van der Waals surface area contributed by atoms with Gasteiger partial charge in [0.15, 0.2) is 10.8 Å². The molecular weight excluding hydrogens is 402 g/mol. The van der Waals surface area contributed by atoms with Gasteiger partial charge in [-0.2, -0.15) is 8.78 Å². The average Bonchev–Trinajstić information content (AvgIpc) is 3.30. The number of carbonyl (C=O) groups excluding carboxylic acids is 1. The Balaban J connectivity index is 1.56. The predicted octanol–water partition coefficient (Wildman–Crippen LogP) is 3.44. The van der Waals surface area contributed by atoms with E-state index in [1.807, 2.05) is 30.3 Å². The second-order valence-electron chi connectivity index (χ2n) is 6.14. The molecule has 29 heavy (non-hydrogen) atoms. The zero-order chi connectivity index (χ0) is 20.4. The molecule has 0 bridgehead atoms. The molecule has 0 radical (unpaired) electrons. The molecule has 0 atom stereocenters. The standard InChI is InChI=1S/C18H14F2N6O2S/c1-18(19,20)16(27)23-17-22-12(10-29-17)9-28-14-7-11-8-21-25-24-15(11)26(14)13-5-3-2-4-6-13/h2-8,10H,9H2,1H3,(H,22,23,27). The van der Waals surface area contributed by atoms with Gasteiger partial charge in [-0.3, -0.25) is 14.7 Å². The summed E-state index contributed by atoms with van der Waals surface area (Å²) in [5.41, 5.74) is 1.89. The molecule has 0 saturated carbocycles. The van der Waals surface area contributed by atoms with Gasteiger partial charge in [0.2, 0.25) is 5.88 Å². The van der Waals surface area contributed by atoms with Gasteiger partial charge >= 0.3 is 5.92 Å². The van der Waals surface area contributed by atoms with E-state index >= 15 is 0 Å². The zero-order valence-corrected chi connectivity index (χ0v) is 15.9. The summed E-state index contributed by atoms with van der Waals surface area (Å²) in [5.74, 6) is -4.39. The Labute approximate surface area is 167 Å². The highest BCUT2D eigenvalue weighted by Crippen LogP contribution is 2.28. The van der Waals surface area contributed by atoms with Crippen molar-refractivity contribution in [1.82, 2.24) is 25.0 Å². The maximum absolute atomic E-state index is 13.0. The van der Waals surface area contributed by atoms with Crippen LogP contribution in [0.4, 0.5) is 13.9 Å². The van der Waals surface area contributed by atoms with Crippen LogP contribution in [0.15, 0.2) is 48.0 Å². The van der Waals surface area contributed by atoms with Crippen LogP contribution in [0.1, 0.15) is 12.6 Å². The van der Waals surface area contributed by atoms with E-state index < -0.39 is 11.8 Å². The molecule has 4 rings (SSSR count). The summed E-state index contributed by atoms with van der Waals surface area (Å²) in [4.78, 5) is 15.5. The third-order valence-electron chi connectivity index (χ3n) is 3.91. The number of thiazole rings is 1. The summed E-state index contributed by atoms with van der Waals surface area (Å²) >= 11 is 1.04. The molecule has 1 N–H and O–H groups in total. The molecule has 0 spiro atoms. The normalized spacial score (nSPS) is 11.6. The van der Waals surface area contributed by atoms with Crippen molar-refractivity contribution in [1.29, 1.82) is 0 Å². The fraction of sp³-hybridized carbons (Fsp3) is 0.167. The van der Waals surface area contributed by atoms with Gasteiger partial charge in [-0.1, -0.05) is 18.2 Å². The number of fused-ring (bicyclic) bond motifs is 1. The van der Waals surface area contributed by atoms with Gasteiger partial charge in [-0.25, -0.2) is 4.98 Å². The Morgan fingerprint density at radius 2 is 2.10 bits per heavy atom. The first-order valence-corrected chi connectivity index (χ1v) is 9.31. The summed E-state index contributed by atoms with van der Waals surface area (Å²) in [5, 5.41) is 16.1. The molecule has 0 aliphatic rings. The van der Waals surface area contributed by atoms with E-state index in [4.69, 9.17) is 4.74 Å². The lowest BCUT2D eigenvalue weighted by Crippen LogP contribution is -2.31. The van der Waals surface area contributed by atoms with Crippen molar-refractivity contribution in [2.24, 2.45) is 0 Å². The number of para-hydroxylation sites is 1. The Bertz CT molecular complexity index is 1160. The lowest BCUT2D eigenvalue weighted by Gasteiger charge is -2.10. The van der Waals surface area contributed by atoms with Crippen LogP contribution in [-0.2, 0) is 11.4 Å². The predicted molar refractivity (Wildman–Crippen MR) is 102 cm³/mol. The van der Waals surface area contributed by atoms with Crippen LogP contribution in [0, 0.1) is 0 Å². The number of alkyl halides is 2. The van der Waals surface area contributed by atoms with Crippen molar-refractivity contribution in [3.63, 3.8) is 0 Å². The Hall–Kier alpha value is -3.47. The molecule has 1 aromatic carbocycles. The number of rotatable bonds is 6. The Morgan fingerprint density at radius 1 is 1.31 bits per heavy atom. The minimum atomic E-state index is -3.48. The minimum Gasteiger partial charge on any atom is -0.472 e. The van der Waals surface area contributed by atoms with Crippen molar-refractivity contribution >= 4 is 33.4 Å². The van der Waals surface area contributed by atoms with Crippen molar-refractivity contribution < 1.29 is 18.3 Å². The largest absolute Gasteiger partial charge is 0.472 e. The van der Waals surface area contributed by atoms with Gasteiger partial charge in [-0.15, -0.1) is 21.5 Å². The highest BCUT2D eigenvalue weighted by atomic mass is 32.1. The molecule has 4 aromatic rings. The van der Waals surface area contributed by atoms with E-state index in [-0.39, 0.29) is 11.7 Å². The number of nitrogens with zero attached hydrogens (tertiary/aromatic N) is 5. The molecule has 148 valence electrons. The van der Waals surface area contributed by atoms with Crippen LogP contribution in [0.2, 0.25) is 0 Å². The van der Waals surface area contributed by atoms with E-state index in [9.17, 15) is 13.6 Å². The van der Waals surface area contributed by atoms with Crippen LogP contribution in [0.25, 0.3) is 16.7 Å². The van der Waals surface area contributed by atoms with Crippen LogP contribution in [0.5, 0.6) is 5.88 Å². The van der Waals surface area contributed by atoms with E-state index in [1.54, 1.807) is 22.2 Å². The number of carbonyl (C=O) groups is 1. The number of anilines is 1. The molecule has 3 aromatic heterocycles. The third-order valence-corrected chi connectivity index (χ3v) is 4.72. The first kappa shape index (κ1) is 18.9. The average molecular weight is 416 g/mol. The van der Waals surface area contributed by atoms with E-state index in [0.717, 1.165) is 22.4 Å². The number of amides is 1. The number of ether oxygens (including phenoxy) is 1. The van der Waals surface area contributed by atoms with Gasteiger partial charge in [0.1, 0.15) is 6.61 Å². The Morgan fingerprint density at radius 3 is 2.86 bits per heavy atom. The highest BCUT2D eigenvalue weighted by molar-refractivity contribution is 7.13. The molecule has 0 unspecified atom stereocenters. The molecule has 8 nitrogen and oxygen atoms in total. The number of hydrogen-bond acceptors (Lipinski definition) is 7. The zero-order valence-electron chi connectivity index (χ0n) is 15.0. The van der Waals surface area contributed by atoms with E-state index in [1.165, 1.54) is 0 Å². The van der Waals surface area contributed by atoms with Crippen LogP contribution in [0.3, 0.4) is 0 Å². The highest BCUT2D eigenvalue weighted by Gasteiger charge is 2.32. The molecule has 0 saturated heterocycles. The lowest BCUT2D eigenvalue weighted by molar-refractivity contribution is -0.137. The second kappa shape index (κ2) is 7.51. The number of aromatic nitrogens is 5. The summed E-state index contributed by atoms with van der Waals surface area (Å²) in [6.45, 7) is 0.596. The summed E-state index contributed by atoms with van der Waals surface area (Å²) in [6.07, 6.45) is 1.58. The van der Waals surface area contributed by atoms with Gasteiger partial charge in [0.05, 0.1) is 17.6 Å². The van der Waals surface area contributed by atoms with Gasteiger partial charge in [0, 0.05) is 23.8 Å². The SMILES string of the molecule is CC(F)(F)C(=O)Nc1nc(COc2cc3cnnnc3n2-c2ccccc2)cs1. The minimum absolute atomic E-state index is 0.0684. The van der Waals surface area contributed by atoms with Crippen LogP contribution in [-0.4, -0.2) is 36.8 Å². The maximum atomic E-state index is 13.0. The van der Waals surface area contributed by atoms with Gasteiger partial charge < -0.3 is 4.74 Å². The van der Waals surface area contributed by atoms with Crippen molar-refractivity contribution in [2.75, 3.05) is 5.32 Å². The molecule has 0 aliphatic heterocycles. The van der Waals surface area contributed by atoms with E-state index in [0.29, 0.717) is 24.1 Å².